The lowest BCUT2D eigenvalue weighted by Gasteiger charge is -1.89. The molecule has 1 heterocycles. The summed E-state index contributed by atoms with van der Waals surface area (Å²) < 4.78 is 0. The van der Waals surface area contributed by atoms with Crippen LogP contribution in [0.4, 0.5) is 0 Å². The van der Waals surface area contributed by atoms with Gasteiger partial charge in [0.25, 0.3) is 0 Å². The summed E-state index contributed by atoms with van der Waals surface area (Å²) in [6.07, 6.45) is 2.24. The summed E-state index contributed by atoms with van der Waals surface area (Å²) in [6.45, 7) is 0. The van der Waals surface area contributed by atoms with E-state index in [9.17, 15) is 5.21 Å². The smallest absolute Gasteiger partial charge is 0.403 e. The largest absolute Gasteiger partial charge is 0.591 e. The van der Waals surface area contributed by atoms with E-state index in [1.54, 1.807) is 0 Å². The third-order valence-electron chi connectivity index (χ3n) is 0.651. The maximum absolute atomic E-state index is 10.1. The van der Waals surface area contributed by atoms with Gasteiger partial charge in [0.05, 0.1) is 6.07 Å². The first-order chi connectivity index (χ1) is 3.80. The third-order valence-corrected chi connectivity index (χ3v) is 0.651. The topological polar surface area (TPSA) is 60.1 Å². The van der Waals surface area contributed by atoms with Gasteiger partial charge in [-0.05, 0) is 10.9 Å². The number of hydrogen-bond acceptors (Lipinski definition) is 3. The fourth-order valence-corrected chi connectivity index (χ4v) is 0.313. The van der Waals surface area contributed by atoms with Crippen LogP contribution in [-0.4, -0.2) is 10.2 Å². The Hall–Kier alpha value is -1.32. The number of hydrogen-bond donors (Lipinski definition) is 1. The standard InChI is InChI=1S/C4H3N2O2/c7-4-2-1-3-5-6(4)8/h1-2,7H. The molecule has 0 aromatic carbocycles. The van der Waals surface area contributed by atoms with Gasteiger partial charge in [-0.2, -0.15) is 0 Å². The SMILES string of the molecule is [O-][n+]1n[c]ccc1O. The monoisotopic (exact) mass is 111 g/mol. The highest BCUT2D eigenvalue weighted by atomic mass is 16.5. The zero-order valence-electron chi connectivity index (χ0n) is 3.90. The van der Waals surface area contributed by atoms with Crippen LogP contribution in [0.5, 0.6) is 5.88 Å². The molecule has 0 bridgehead atoms. The van der Waals surface area contributed by atoms with E-state index in [1.807, 2.05) is 0 Å². The summed E-state index contributed by atoms with van der Waals surface area (Å²) in [6, 6.07) is 2.56. The van der Waals surface area contributed by atoms with E-state index in [2.05, 4.69) is 11.3 Å². The highest BCUT2D eigenvalue weighted by Crippen LogP contribution is 1.91. The Labute approximate surface area is 45.6 Å². The second-order valence-electron chi connectivity index (χ2n) is 1.19. The van der Waals surface area contributed by atoms with Crippen molar-refractivity contribution in [2.45, 2.75) is 0 Å². The maximum atomic E-state index is 10.1. The van der Waals surface area contributed by atoms with Crippen LogP contribution in [0.1, 0.15) is 0 Å². The molecule has 0 atom stereocenters. The molecule has 1 N–H and O–H groups in total. The summed E-state index contributed by atoms with van der Waals surface area (Å²) in [4.78, 5) is 0.0833. The number of aromatic nitrogens is 2. The van der Waals surface area contributed by atoms with E-state index in [0.717, 1.165) is 0 Å². The summed E-state index contributed by atoms with van der Waals surface area (Å²) >= 11 is 0. The molecular weight excluding hydrogens is 108 g/mol. The molecule has 4 nitrogen and oxygen atoms in total. The first-order valence-corrected chi connectivity index (χ1v) is 1.96. The second kappa shape index (κ2) is 1.65. The summed E-state index contributed by atoms with van der Waals surface area (Å²) in [7, 11) is 0. The number of aromatic hydroxyl groups is 1. The Morgan fingerprint density at radius 1 is 1.88 bits per heavy atom. The molecule has 0 aliphatic heterocycles. The van der Waals surface area contributed by atoms with Gasteiger partial charge in [-0.15, -0.1) is 0 Å². The lowest BCUT2D eigenvalue weighted by Crippen LogP contribution is -2.30. The predicted octanol–water partition coefficient (Wildman–Crippen LogP) is -0.779. The summed E-state index contributed by atoms with van der Waals surface area (Å²) in [5, 5.41) is 21.7. The summed E-state index contributed by atoms with van der Waals surface area (Å²) in [5.74, 6) is -0.413. The molecule has 0 spiro atoms. The first kappa shape index (κ1) is 4.83. The van der Waals surface area contributed by atoms with Crippen molar-refractivity contribution in [3.63, 3.8) is 0 Å². The van der Waals surface area contributed by atoms with Crippen molar-refractivity contribution < 1.29 is 9.95 Å². The zero-order chi connectivity index (χ0) is 5.98. The molecule has 0 aliphatic carbocycles. The molecule has 1 radical (unpaired) electrons. The normalized spacial score (nSPS) is 9.00. The molecule has 1 aromatic rings. The molecule has 1 rings (SSSR count). The van der Waals surface area contributed by atoms with Crippen molar-refractivity contribution in [1.29, 1.82) is 0 Å². The van der Waals surface area contributed by atoms with E-state index < -0.39 is 5.88 Å². The molecule has 0 amide bonds. The van der Waals surface area contributed by atoms with Gasteiger partial charge in [0.1, 0.15) is 0 Å². The molecule has 41 valence electrons. The molecule has 0 saturated heterocycles. The lowest BCUT2D eigenvalue weighted by atomic mass is 10.6. The van der Waals surface area contributed by atoms with Crippen molar-refractivity contribution in [2.24, 2.45) is 0 Å². The lowest BCUT2D eigenvalue weighted by molar-refractivity contribution is -0.675. The van der Waals surface area contributed by atoms with Crippen molar-refractivity contribution >= 4 is 0 Å². The van der Waals surface area contributed by atoms with Gasteiger partial charge in [0.2, 0.25) is 0 Å². The average molecular weight is 111 g/mol. The molecule has 0 unspecified atom stereocenters. The minimum atomic E-state index is -0.413. The fourth-order valence-electron chi connectivity index (χ4n) is 0.313. The van der Waals surface area contributed by atoms with Crippen molar-refractivity contribution in [1.82, 2.24) is 5.10 Å². The Kier molecular flexibility index (Phi) is 0.997. The predicted molar refractivity (Wildman–Crippen MR) is 23.7 cm³/mol. The van der Waals surface area contributed by atoms with Crippen LogP contribution in [0.25, 0.3) is 0 Å². The van der Waals surface area contributed by atoms with Crippen LogP contribution >= 0.6 is 0 Å². The Balaban J connectivity index is 3.13. The van der Waals surface area contributed by atoms with E-state index in [0.29, 0.717) is 0 Å². The van der Waals surface area contributed by atoms with E-state index in [-0.39, 0.29) is 4.85 Å². The van der Waals surface area contributed by atoms with Crippen LogP contribution in [0.2, 0.25) is 0 Å². The van der Waals surface area contributed by atoms with E-state index in [1.165, 1.54) is 12.1 Å². The molecule has 0 saturated carbocycles. The maximum Gasteiger partial charge on any atom is 0.403 e. The molecule has 4 heteroatoms. The molecular formula is C4H3N2O2. The Bertz CT molecular complexity index is 168. The van der Waals surface area contributed by atoms with Crippen LogP contribution < -0.4 is 4.85 Å². The van der Waals surface area contributed by atoms with Gasteiger partial charge < -0.3 is 10.3 Å². The van der Waals surface area contributed by atoms with Gasteiger partial charge in [-0.1, -0.05) is 0 Å². The van der Waals surface area contributed by atoms with Gasteiger partial charge >= 0.3 is 5.88 Å². The fraction of sp³-hybridized carbons (Fsp3) is 0. The number of rotatable bonds is 0. The van der Waals surface area contributed by atoms with Gasteiger partial charge in [-0.25, -0.2) is 0 Å². The van der Waals surface area contributed by atoms with Crippen LogP contribution in [0, 0.1) is 11.4 Å². The molecule has 1 aromatic heterocycles. The highest BCUT2D eigenvalue weighted by Gasteiger charge is 1.96. The van der Waals surface area contributed by atoms with Crippen molar-refractivity contribution in [3.8, 4) is 5.88 Å². The Morgan fingerprint density at radius 2 is 2.62 bits per heavy atom. The van der Waals surface area contributed by atoms with E-state index in [4.69, 9.17) is 5.11 Å². The molecule has 0 aliphatic rings. The third kappa shape index (κ3) is 0.676. The number of nitrogens with zero attached hydrogens (tertiary/aromatic N) is 2. The van der Waals surface area contributed by atoms with Gasteiger partial charge in [0, 0.05) is 5.10 Å². The Morgan fingerprint density at radius 3 is 3.00 bits per heavy atom. The van der Waals surface area contributed by atoms with Crippen molar-refractivity contribution in [2.75, 3.05) is 0 Å². The average Bonchev–Trinajstić information content (AvgIpc) is 1.77. The van der Waals surface area contributed by atoms with Crippen LogP contribution in [0.15, 0.2) is 12.1 Å². The minimum absolute atomic E-state index is 0.0833. The quantitative estimate of drug-likeness (QED) is 0.353. The van der Waals surface area contributed by atoms with Crippen LogP contribution in [0.3, 0.4) is 0 Å². The first-order valence-electron chi connectivity index (χ1n) is 1.96. The molecule has 8 heavy (non-hydrogen) atoms. The van der Waals surface area contributed by atoms with Gasteiger partial charge in [-0.3, -0.25) is 0 Å². The van der Waals surface area contributed by atoms with Crippen molar-refractivity contribution in [3.05, 3.63) is 23.5 Å². The summed E-state index contributed by atoms with van der Waals surface area (Å²) in [5.41, 5.74) is 0. The molecule has 0 fully saturated rings. The zero-order valence-corrected chi connectivity index (χ0v) is 3.90. The van der Waals surface area contributed by atoms with E-state index >= 15 is 0 Å². The minimum Gasteiger partial charge on any atom is -0.591 e. The second-order valence-corrected chi connectivity index (χ2v) is 1.19. The van der Waals surface area contributed by atoms with Crippen LogP contribution in [-0.2, 0) is 0 Å². The highest BCUT2D eigenvalue weighted by molar-refractivity contribution is 4.95. The van der Waals surface area contributed by atoms with Gasteiger partial charge in [0.15, 0.2) is 6.20 Å².